The molecule has 0 spiro atoms. The van der Waals surface area contributed by atoms with E-state index in [-0.39, 0.29) is 0 Å². The number of halogens is 1. The van der Waals surface area contributed by atoms with Crippen molar-refractivity contribution in [2.24, 2.45) is 0 Å². The fraction of sp³-hybridized carbons (Fsp3) is 0.333. The van der Waals surface area contributed by atoms with Crippen LogP contribution in [-0.4, -0.2) is 25.0 Å². The smallest absolute Gasteiger partial charge is 0.0485 e. The Morgan fingerprint density at radius 1 is 1.26 bits per heavy atom. The summed E-state index contributed by atoms with van der Waals surface area (Å²) in [5, 5.41) is 5.60. The summed E-state index contributed by atoms with van der Waals surface area (Å²) in [4.78, 5) is 3.79. The second-order valence-corrected chi connectivity index (χ2v) is 6.41. The van der Waals surface area contributed by atoms with Gasteiger partial charge in [0.1, 0.15) is 0 Å². The third kappa shape index (κ3) is 4.06. The molecule has 0 fully saturated rings. The zero-order valence-electron chi connectivity index (χ0n) is 11.3. The van der Waals surface area contributed by atoms with Crippen molar-refractivity contribution in [1.29, 1.82) is 0 Å². The number of nitrogens with zero attached hydrogens (tertiary/aromatic N) is 1. The number of hydrogen-bond donors (Lipinski definition) is 1. The third-order valence-electron chi connectivity index (χ3n) is 3.27. The van der Waals surface area contributed by atoms with Gasteiger partial charge in [0.2, 0.25) is 0 Å². The van der Waals surface area contributed by atoms with Crippen LogP contribution in [0.15, 0.2) is 46.3 Å². The minimum Gasteiger partial charge on any atom is -0.383 e. The van der Waals surface area contributed by atoms with E-state index in [1.165, 1.54) is 4.88 Å². The number of thiophene rings is 1. The molecule has 1 unspecified atom stereocenters. The molecule has 0 bridgehead atoms. The van der Waals surface area contributed by atoms with E-state index >= 15 is 0 Å². The molecule has 1 aromatic carbocycles. The van der Waals surface area contributed by atoms with E-state index in [4.69, 9.17) is 0 Å². The number of benzene rings is 1. The molecule has 102 valence electrons. The van der Waals surface area contributed by atoms with Crippen LogP contribution in [-0.2, 0) is 0 Å². The van der Waals surface area contributed by atoms with Gasteiger partial charge < -0.3 is 5.32 Å². The van der Waals surface area contributed by atoms with Crippen LogP contribution in [0.2, 0.25) is 0 Å². The van der Waals surface area contributed by atoms with Crippen molar-refractivity contribution in [2.75, 3.05) is 25.5 Å². The molecule has 0 amide bonds. The van der Waals surface area contributed by atoms with Crippen LogP contribution in [0.3, 0.4) is 0 Å². The summed E-state index contributed by atoms with van der Waals surface area (Å²) >= 11 is 5.37. The van der Waals surface area contributed by atoms with Crippen molar-refractivity contribution in [3.05, 3.63) is 51.1 Å². The second kappa shape index (κ2) is 7.08. The van der Waals surface area contributed by atoms with E-state index in [0.29, 0.717) is 6.04 Å². The van der Waals surface area contributed by atoms with Gasteiger partial charge in [0, 0.05) is 34.2 Å². The first kappa shape index (κ1) is 14.6. The van der Waals surface area contributed by atoms with Gasteiger partial charge in [0.05, 0.1) is 0 Å². The van der Waals surface area contributed by atoms with Crippen LogP contribution < -0.4 is 5.32 Å². The molecule has 2 aromatic rings. The van der Waals surface area contributed by atoms with Crippen molar-refractivity contribution in [2.45, 2.75) is 13.0 Å². The lowest BCUT2D eigenvalue weighted by molar-refractivity contribution is 0.275. The van der Waals surface area contributed by atoms with Gasteiger partial charge >= 0.3 is 0 Å². The zero-order chi connectivity index (χ0) is 13.7. The first-order chi connectivity index (χ1) is 9.18. The summed E-state index contributed by atoms with van der Waals surface area (Å²) in [5.41, 5.74) is 1.15. The number of likely N-dealkylation sites (N-methyl/N-ethyl adjacent to an activating group) is 1. The third-order valence-corrected chi connectivity index (χ3v) is 5.00. The summed E-state index contributed by atoms with van der Waals surface area (Å²) in [5.74, 6) is 0. The Labute approximate surface area is 127 Å². The summed E-state index contributed by atoms with van der Waals surface area (Å²) in [6, 6.07) is 13.0. The van der Waals surface area contributed by atoms with Crippen LogP contribution in [0.1, 0.15) is 17.8 Å². The summed E-state index contributed by atoms with van der Waals surface area (Å²) in [6.07, 6.45) is 0. The van der Waals surface area contributed by atoms with Crippen molar-refractivity contribution in [1.82, 2.24) is 4.90 Å². The number of rotatable bonds is 6. The molecule has 19 heavy (non-hydrogen) atoms. The minimum absolute atomic E-state index is 0.473. The van der Waals surface area contributed by atoms with Gasteiger partial charge in [-0.25, -0.2) is 0 Å². The Morgan fingerprint density at radius 3 is 2.74 bits per heavy atom. The van der Waals surface area contributed by atoms with Gasteiger partial charge in [-0.15, -0.1) is 11.3 Å². The maximum absolute atomic E-state index is 3.55. The van der Waals surface area contributed by atoms with Gasteiger partial charge in [-0.3, -0.25) is 4.90 Å². The number of para-hydroxylation sites is 1. The maximum Gasteiger partial charge on any atom is 0.0485 e. The average molecular weight is 339 g/mol. The summed E-state index contributed by atoms with van der Waals surface area (Å²) in [7, 11) is 2.17. The van der Waals surface area contributed by atoms with Crippen LogP contribution in [0.25, 0.3) is 0 Å². The zero-order valence-corrected chi connectivity index (χ0v) is 13.7. The molecule has 0 saturated heterocycles. The first-order valence-electron chi connectivity index (χ1n) is 6.40. The lowest BCUT2D eigenvalue weighted by atomic mass is 10.2. The molecular weight excluding hydrogens is 320 g/mol. The molecule has 1 N–H and O–H groups in total. The fourth-order valence-corrected chi connectivity index (χ4v) is 3.18. The highest BCUT2D eigenvalue weighted by Crippen LogP contribution is 2.23. The lowest BCUT2D eigenvalue weighted by Gasteiger charge is -2.24. The highest BCUT2D eigenvalue weighted by atomic mass is 79.9. The molecule has 2 nitrogen and oxygen atoms in total. The number of anilines is 1. The SMILES string of the molecule is CC(c1cccs1)N(C)CCNc1ccccc1Br. The summed E-state index contributed by atoms with van der Waals surface area (Å²) < 4.78 is 1.11. The van der Waals surface area contributed by atoms with Gasteiger partial charge in [0.15, 0.2) is 0 Å². The van der Waals surface area contributed by atoms with Crippen LogP contribution >= 0.6 is 27.3 Å². The topological polar surface area (TPSA) is 15.3 Å². The maximum atomic E-state index is 3.55. The standard InChI is InChI=1S/C15H19BrN2S/c1-12(15-8-5-11-19-15)18(2)10-9-17-14-7-4-3-6-13(14)16/h3-8,11-12,17H,9-10H2,1-2H3. The molecule has 2 rings (SSSR count). The molecule has 1 heterocycles. The normalized spacial score (nSPS) is 12.6. The van der Waals surface area contributed by atoms with Gasteiger partial charge in [0.25, 0.3) is 0 Å². The second-order valence-electron chi connectivity index (χ2n) is 4.58. The molecule has 0 aliphatic rings. The van der Waals surface area contributed by atoms with Gasteiger partial charge in [-0.05, 0) is 53.5 Å². The number of hydrogen-bond acceptors (Lipinski definition) is 3. The van der Waals surface area contributed by atoms with Crippen LogP contribution in [0.4, 0.5) is 5.69 Å². The average Bonchev–Trinajstić information content (AvgIpc) is 2.94. The van der Waals surface area contributed by atoms with E-state index < -0.39 is 0 Å². The van der Waals surface area contributed by atoms with Crippen LogP contribution in [0.5, 0.6) is 0 Å². The Bertz CT molecular complexity index is 499. The largest absolute Gasteiger partial charge is 0.383 e. The van der Waals surface area contributed by atoms with Crippen molar-refractivity contribution in [3.8, 4) is 0 Å². The predicted molar refractivity (Wildman–Crippen MR) is 88.0 cm³/mol. The molecule has 0 aliphatic heterocycles. The quantitative estimate of drug-likeness (QED) is 0.826. The molecule has 1 atom stereocenters. The van der Waals surface area contributed by atoms with E-state index in [1.54, 1.807) is 0 Å². The first-order valence-corrected chi connectivity index (χ1v) is 8.08. The van der Waals surface area contributed by atoms with Crippen molar-refractivity contribution >= 4 is 33.0 Å². The van der Waals surface area contributed by atoms with Crippen LogP contribution in [0, 0.1) is 0 Å². The Hall–Kier alpha value is -0.840. The lowest BCUT2D eigenvalue weighted by Crippen LogP contribution is -2.27. The van der Waals surface area contributed by atoms with E-state index in [9.17, 15) is 0 Å². The summed E-state index contributed by atoms with van der Waals surface area (Å²) in [6.45, 7) is 4.21. The minimum atomic E-state index is 0.473. The Balaban J connectivity index is 1.81. The highest BCUT2D eigenvalue weighted by molar-refractivity contribution is 9.10. The van der Waals surface area contributed by atoms with Crippen molar-refractivity contribution in [3.63, 3.8) is 0 Å². The predicted octanol–water partition coefficient (Wildman–Crippen LogP) is 4.62. The van der Waals surface area contributed by atoms with Gasteiger partial charge in [-0.1, -0.05) is 18.2 Å². The fourth-order valence-electron chi connectivity index (χ4n) is 1.91. The Kier molecular flexibility index (Phi) is 5.43. The van der Waals surface area contributed by atoms with E-state index in [0.717, 1.165) is 23.2 Å². The van der Waals surface area contributed by atoms with E-state index in [1.807, 2.05) is 23.5 Å². The number of nitrogens with one attached hydrogen (secondary N) is 1. The Morgan fingerprint density at radius 2 is 2.05 bits per heavy atom. The molecule has 0 saturated carbocycles. The molecule has 0 aliphatic carbocycles. The molecule has 0 radical (unpaired) electrons. The molecule has 4 heteroatoms. The van der Waals surface area contributed by atoms with E-state index in [2.05, 4.69) is 69.8 Å². The molecule has 1 aromatic heterocycles. The van der Waals surface area contributed by atoms with Gasteiger partial charge in [-0.2, -0.15) is 0 Å². The monoisotopic (exact) mass is 338 g/mol. The highest BCUT2D eigenvalue weighted by Gasteiger charge is 2.11. The molecular formula is C15H19BrN2S. The van der Waals surface area contributed by atoms with Crippen molar-refractivity contribution < 1.29 is 0 Å².